The standard InChI is InChI=1S/C14H8ClF3O/c15-12-7-10(6-11(8-12)14(16,17)18)13(19)9-4-2-1-3-5-9/h1-8H. The van der Waals surface area contributed by atoms with Crippen molar-refractivity contribution in [2.24, 2.45) is 0 Å². The second kappa shape index (κ2) is 5.05. The van der Waals surface area contributed by atoms with Crippen LogP contribution in [-0.2, 0) is 6.18 Å². The Morgan fingerprint density at radius 2 is 1.58 bits per heavy atom. The van der Waals surface area contributed by atoms with Gasteiger partial charge in [-0.3, -0.25) is 4.79 Å². The fraction of sp³-hybridized carbons (Fsp3) is 0.0714. The molecule has 2 aromatic rings. The zero-order valence-electron chi connectivity index (χ0n) is 9.54. The maximum absolute atomic E-state index is 12.6. The first-order valence-corrected chi connectivity index (χ1v) is 5.73. The van der Waals surface area contributed by atoms with Crippen molar-refractivity contribution in [2.45, 2.75) is 6.18 Å². The summed E-state index contributed by atoms with van der Waals surface area (Å²) < 4.78 is 37.9. The van der Waals surface area contributed by atoms with Crippen molar-refractivity contribution in [1.82, 2.24) is 0 Å². The van der Waals surface area contributed by atoms with Crippen LogP contribution in [0.1, 0.15) is 21.5 Å². The molecule has 0 unspecified atom stereocenters. The first kappa shape index (κ1) is 13.6. The molecule has 0 saturated heterocycles. The maximum Gasteiger partial charge on any atom is 0.416 e. The molecule has 5 heteroatoms. The number of rotatable bonds is 2. The van der Waals surface area contributed by atoms with E-state index >= 15 is 0 Å². The molecule has 2 aromatic carbocycles. The van der Waals surface area contributed by atoms with E-state index in [9.17, 15) is 18.0 Å². The average Bonchev–Trinajstić information content (AvgIpc) is 2.37. The molecule has 0 amide bonds. The third-order valence-corrected chi connectivity index (χ3v) is 2.74. The Kier molecular flexibility index (Phi) is 3.62. The number of carbonyl (C=O) groups excluding carboxylic acids is 1. The van der Waals surface area contributed by atoms with Crippen molar-refractivity contribution in [2.75, 3.05) is 0 Å². The van der Waals surface area contributed by atoms with Crippen LogP contribution in [0.4, 0.5) is 13.2 Å². The van der Waals surface area contributed by atoms with Crippen LogP contribution in [0.5, 0.6) is 0 Å². The first-order chi connectivity index (χ1) is 8.88. The van der Waals surface area contributed by atoms with E-state index in [4.69, 9.17) is 11.6 Å². The van der Waals surface area contributed by atoms with Gasteiger partial charge in [0.2, 0.25) is 0 Å². The van der Waals surface area contributed by atoms with Gasteiger partial charge in [0.15, 0.2) is 5.78 Å². The van der Waals surface area contributed by atoms with Gasteiger partial charge in [0.1, 0.15) is 0 Å². The van der Waals surface area contributed by atoms with Crippen molar-refractivity contribution in [3.63, 3.8) is 0 Å². The second-order valence-electron chi connectivity index (χ2n) is 3.92. The highest BCUT2D eigenvalue weighted by atomic mass is 35.5. The lowest BCUT2D eigenvalue weighted by atomic mass is 10.0. The van der Waals surface area contributed by atoms with Gasteiger partial charge in [-0.15, -0.1) is 0 Å². The molecule has 0 aliphatic heterocycles. The minimum absolute atomic E-state index is 0.0778. The van der Waals surface area contributed by atoms with Crippen molar-refractivity contribution in [3.05, 3.63) is 70.2 Å². The summed E-state index contributed by atoms with van der Waals surface area (Å²) in [4.78, 5) is 12.1. The van der Waals surface area contributed by atoms with E-state index in [2.05, 4.69) is 0 Å². The van der Waals surface area contributed by atoms with Crippen molar-refractivity contribution < 1.29 is 18.0 Å². The molecular weight excluding hydrogens is 277 g/mol. The minimum Gasteiger partial charge on any atom is -0.289 e. The fourth-order valence-electron chi connectivity index (χ4n) is 1.64. The SMILES string of the molecule is O=C(c1ccccc1)c1cc(Cl)cc(C(F)(F)F)c1. The number of alkyl halides is 3. The zero-order valence-corrected chi connectivity index (χ0v) is 10.3. The monoisotopic (exact) mass is 284 g/mol. The molecule has 0 fully saturated rings. The van der Waals surface area contributed by atoms with Gasteiger partial charge in [0, 0.05) is 16.1 Å². The maximum atomic E-state index is 12.6. The summed E-state index contributed by atoms with van der Waals surface area (Å²) in [6.45, 7) is 0. The van der Waals surface area contributed by atoms with Gasteiger partial charge in [0.05, 0.1) is 5.56 Å². The quantitative estimate of drug-likeness (QED) is 0.737. The van der Waals surface area contributed by atoms with E-state index < -0.39 is 17.5 Å². The lowest BCUT2D eigenvalue weighted by Crippen LogP contribution is -2.08. The smallest absolute Gasteiger partial charge is 0.289 e. The molecule has 1 nitrogen and oxygen atoms in total. The molecule has 0 radical (unpaired) electrons. The molecule has 0 atom stereocenters. The van der Waals surface area contributed by atoms with Gasteiger partial charge < -0.3 is 0 Å². The Labute approximate surface area is 112 Å². The van der Waals surface area contributed by atoms with Gasteiger partial charge >= 0.3 is 6.18 Å². The highest BCUT2D eigenvalue weighted by Gasteiger charge is 2.31. The normalized spacial score (nSPS) is 11.4. The van der Waals surface area contributed by atoms with Crippen LogP contribution >= 0.6 is 11.6 Å². The van der Waals surface area contributed by atoms with E-state index in [1.54, 1.807) is 18.2 Å². The fourth-order valence-corrected chi connectivity index (χ4v) is 1.88. The molecule has 0 aliphatic carbocycles. The predicted octanol–water partition coefficient (Wildman–Crippen LogP) is 4.59. The van der Waals surface area contributed by atoms with Gasteiger partial charge in [-0.2, -0.15) is 13.2 Å². The number of hydrogen-bond donors (Lipinski definition) is 0. The lowest BCUT2D eigenvalue weighted by Gasteiger charge is -2.09. The molecule has 0 aliphatic rings. The van der Waals surface area contributed by atoms with E-state index in [-0.39, 0.29) is 10.6 Å². The Hall–Kier alpha value is -1.81. The molecule has 0 aromatic heterocycles. The summed E-state index contributed by atoms with van der Waals surface area (Å²) in [6.07, 6.45) is -4.53. The van der Waals surface area contributed by atoms with Crippen LogP contribution in [-0.4, -0.2) is 5.78 Å². The van der Waals surface area contributed by atoms with Crippen LogP contribution in [0.25, 0.3) is 0 Å². The summed E-state index contributed by atoms with van der Waals surface area (Å²) >= 11 is 5.64. The van der Waals surface area contributed by atoms with Crippen LogP contribution in [0, 0.1) is 0 Å². The second-order valence-corrected chi connectivity index (χ2v) is 4.36. The van der Waals surface area contributed by atoms with Crippen LogP contribution < -0.4 is 0 Å². The molecule has 0 heterocycles. The molecule has 0 bridgehead atoms. The highest BCUT2D eigenvalue weighted by Crippen LogP contribution is 2.32. The van der Waals surface area contributed by atoms with Gasteiger partial charge in [-0.25, -0.2) is 0 Å². The summed E-state index contributed by atoms with van der Waals surface area (Å²) in [5.74, 6) is -0.492. The van der Waals surface area contributed by atoms with Crippen LogP contribution in [0.2, 0.25) is 5.02 Å². The minimum atomic E-state index is -4.53. The molecule has 98 valence electrons. The van der Waals surface area contributed by atoms with E-state index in [0.717, 1.165) is 12.1 Å². The molecular formula is C14H8ClF3O. The zero-order chi connectivity index (χ0) is 14.0. The summed E-state index contributed by atoms with van der Waals surface area (Å²) in [5, 5.41) is -0.117. The van der Waals surface area contributed by atoms with Crippen molar-refractivity contribution in [3.8, 4) is 0 Å². The third-order valence-electron chi connectivity index (χ3n) is 2.52. The van der Waals surface area contributed by atoms with E-state index in [1.807, 2.05) is 0 Å². The summed E-state index contributed by atoms with van der Waals surface area (Å²) in [6, 6.07) is 10.9. The Morgan fingerprint density at radius 1 is 0.947 bits per heavy atom. The molecule has 2 rings (SSSR count). The van der Waals surface area contributed by atoms with E-state index in [1.165, 1.54) is 18.2 Å². The first-order valence-electron chi connectivity index (χ1n) is 5.35. The average molecular weight is 285 g/mol. The van der Waals surface area contributed by atoms with Gasteiger partial charge in [-0.1, -0.05) is 41.9 Å². The molecule has 19 heavy (non-hydrogen) atoms. The summed E-state index contributed by atoms with van der Waals surface area (Å²) in [5.41, 5.74) is -0.691. The lowest BCUT2D eigenvalue weighted by molar-refractivity contribution is -0.137. The van der Waals surface area contributed by atoms with E-state index in [0.29, 0.717) is 5.56 Å². The highest BCUT2D eigenvalue weighted by molar-refractivity contribution is 6.31. The van der Waals surface area contributed by atoms with Gasteiger partial charge in [0.25, 0.3) is 0 Å². The number of ketones is 1. The Bertz CT molecular complexity index is 606. The Morgan fingerprint density at radius 3 is 2.16 bits per heavy atom. The molecule has 0 saturated carbocycles. The summed E-state index contributed by atoms with van der Waals surface area (Å²) in [7, 11) is 0. The number of carbonyl (C=O) groups is 1. The van der Waals surface area contributed by atoms with Gasteiger partial charge in [-0.05, 0) is 18.2 Å². The van der Waals surface area contributed by atoms with Crippen molar-refractivity contribution in [1.29, 1.82) is 0 Å². The van der Waals surface area contributed by atoms with Crippen LogP contribution in [0.15, 0.2) is 48.5 Å². The Balaban J connectivity index is 2.46. The topological polar surface area (TPSA) is 17.1 Å². The number of halogens is 4. The number of benzene rings is 2. The third kappa shape index (κ3) is 3.15. The van der Waals surface area contributed by atoms with Crippen LogP contribution in [0.3, 0.4) is 0 Å². The number of hydrogen-bond acceptors (Lipinski definition) is 1. The molecule has 0 N–H and O–H groups in total. The molecule has 0 spiro atoms. The van der Waals surface area contributed by atoms with Crippen molar-refractivity contribution >= 4 is 17.4 Å². The largest absolute Gasteiger partial charge is 0.416 e. The predicted molar refractivity (Wildman–Crippen MR) is 66.3 cm³/mol.